The maximum atomic E-state index is 4.14. The maximum absolute atomic E-state index is 4.14. The van der Waals surface area contributed by atoms with E-state index in [0.29, 0.717) is 0 Å². The first kappa shape index (κ1) is 12.0. The zero-order valence-corrected chi connectivity index (χ0v) is 10.00. The summed E-state index contributed by atoms with van der Waals surface area (Å²) in [5.41, 5.74) is 1.37. The predicted octanol–water partition coefficient (Wildman–Crippen LogP) is 3.48. The summed E-state index contributed by atoms with van der Waals surface area (Å²) in [6, 6.07) is 1.83. The smallest absolute Gasteiger partial charge is 0.187 e. The van der Waals surface area contributed by atoms with E-state index in [2.05, 4.69) is 42.0 Å². The summed E-state index contributed by atoms with van der Waals surface area (Å²) in [7, 11) is 0. The van der Waals surface area contributed by atoms with Crippen LogP contribution in [0.4, 0.5) is 0 Å². The fraction of sp³-hybridized carbons (Fsp3) is 0.333. The van der Waals surface area contributed by atoms with Crippen molar-refractivity contribution in [2.75, 3.05) is 5.75 Å². The number of hydrogen-bond donors (Lipinski definition) is 0. The molecule has 1 heterocycles. The van der Waals surface area contributed by atoms with Crippen LogP contribution < -0.4 is 0 Å². The molecule has 0 bridgehead atoms. The third-order valence-electron chi connectivity index (χ3n) is 1.96. The van der Waals surface area contributed by atoms with Gasteiger partial charge in [-0.15, -0.1) is 0 Å². The van der Waals surface area contributed by atoms with Gasteiger partial charge in [-0.05, 0) is 19.4 Å². The number of nitrogens with zero attached hydrogens (tertiary/aromatic N) is 2. The maximum Gasteiger partial charge on any atom is 0.187 e. The fourth-order valence-electron chi connectivity index (χ4n) is 1.10. The van der Waals surface area contributed by atoms with Gasteiger partial charge in [0.2, 0.25) is 0 Å². The molecular formula is C12H16N2S. The van der Waals surface area contributed by atoms with Crippen molar-refractivity contribution in [1.29, 1.82) is 0 Å². The molecule has 0 unspecified atom stereocenters. The molecule has 0 spiro atoms. The summed E-state index contributed by atoms with van der Waals surface area (Å²) in [5.74, 6) is 0.918. The number of hydrogen-bond acceptors (Lipinski definition) is 3. The van der Waals surface area contributed by atoms with E-state index in [1.807, 2.05) is 6.07 Å². The van der Waals surface area contributed by atoms with Crippen molar-refractivity contribution in [3.05, 3.63) is 42.3 Å². The highest BCUT2D eigenvalue weighted by molar-refractivity contribution is 7.99. The molecule has 1 aromatic rings. The highest BCUT2D eigenvalue weighted by Gasteiger charge is 1.92. The number of allylic oxidation sites excluding steroid dienone is 3. The molecule has 15 heavy (non-hydrogen) atoms. The molecule has 1 rings (SSSR count). The molecule has 0 saturated carbocycles. The highest BCUT2D eigenvalue weighted by Crippen LogP contribution is 2.11. The van der Waals surface area contributed by atoms with Crippen molar-refractivity contribution in [2.45, 2.75) is 25.4 Å². The summed E-state index contributed by atoms with van der Waals surface area (Å²) in [4.78, 5) is 8.28. The molecule has 3 heteroatoms. The Morgan fingerprint density at radius 1 is 1.40 bits per heavy atom. The summed E-state index contributed by atoms with van der Waals surface area (Å²) >= 11 is 1.65. The Balaban J connectivity index is 2.33. The van der Waals surface area contributed by atoms with Gasteiger partial charge in [0, 0.05) is 18.1 Å². The Labute approximate surface area is 95.5 Å². The largest absolute Gasteiger partial charge is 0.231 e. The lowest BCUT2D eigenvalue weighted by Crippen LogP contribution is -1.83. The Kier molecular flexibility index (Phi) is 5.78. The molecular weight excluding hydrogens is 204 g/mol. The summed E-state index contributed by atoms with van der Waals surface area (Å²) in [6.07, 6.45) is 11.1. The van der Waals surface area contributed by atoms with Crippen molar-refractivity contribution in [1.82, 2.24) is 9.97 Å². The molecule has 0 aromatic carbocycles. The van der Waals surface area contributed by atoms with Crippen LogP contribution in [0.2, 0.25) is 0 Å². The van der Waals surface area contributed by atoms with Crippen LogP contribution in [0.3, 0.4) is 0 Å². The Hall–Kier alpha value is -1.09. The first-order chi connectivity index (χ1) is 7.36. The van der Waals surface area contributed by atoms with E-state index < -0.39 is 0 Å². The van der Waals surface area contributed by atoms with Gasteiger partial charge in [0.1, 0.15) is 0 Å². The van der Waals surface area contributed by atoms with Crippen molar-refractivity contribution in [3.8, 4) is 0 Å². The van der Waals surface area contributed by atoms with Gasteiger partial charge in [0.25, 0.3) is 0 Å². The first-order valence-electron chi connectivity index (χ1n) is 5.08. The minimum Gasteiger partial charge on any atom is -0.231 e. The van der Waals surface area contributed by atoms with Gasteiger partial charge in [-0.1, -0.05) is 42.5 Å². The predicted molar refractivity (Wildman–Crippen MR) is 65.9 cm³/mol. The monoisotopic (exact) mass is 220 g/mol. The Morgan fingerprint density at radius 3 is 2.73 bits per heavy atom. The van der Waals surface area contributed by atoms with E-state index in [1.54, 1.807) is 24.2 Å². The summed E-state index contributed by atoms with van der Waals surface area (Å²) < 4.78 is 0. The normalized spacial score (nSPS) is 12.3. The fourth-order valence-corrected chi connectivity index (χ4v) is 1.71. The zero-order valence-electron chi connectivity index (χ0n) is 9.18. The minimum absolute atomic E-state index is 0.834. The van der Waals surface area contributed by atoms with Gasteiger partial charge in [-0.3, -0.25) is 0 Å². The standard InChI is InChI=1S/C12H16N2S/c1-3-11(4-2)7-5-10-15-12-13-8-6-9-14-12/h3,5-9H,4,10H2,1-2H3/b7-5+,11-3+. The van der Waals surface area contributed by atoms with Gasteiger partial charge in [0.15, 0.2) is 5.16 Å². The first-order valence-corrected chi connectivity index (χ1v) is 6.07. The van der Waals surface area contributed by atoms with Crippen LogP contribution in [-0.2, 0) is 0 Å². The number of aromatic nitrogens is 2. The quantitative estimate of drug-likeness (QED) is 0.431. The molecule has 80 valence electrons. The minimum atomic E-state index is 0.834. The summed E-state index contributed by atoms with van der Waals surface area (Å²) in [5, 5.41) is 0.834. The lowest BCUT2D eigenvalue weighted by Gasteiger charge is -1.95. The van der Waals surface area contributed by atoms with Gasteiger partial charge < -0.3 is 0 Å². The second-order valence-corrected chi connectivity index (χ2v) is 3.95. The Morgan fingerprint density at radius 2 is 2.13 bits per heavy atom. The van der Waals surface area contributed by atoms with E-state index in [4.69, 9.17) is 0 Å². The van der Waals surface area contributed by atoms with E-state index in [-0.39, 0.29) is 0 Å². The van der Waals surface area contributed by atoms with E-state index in [0.717, 1.165) is 17.3 Å². The van der Waals surface area contributed by atoms with Crippen molar-refractivity contribution in [3.63, 3.8) is 0 Å². The Bertz CT molecular complexity index is 331. The van der Waals surface area contributed by atoms with Crippen LogP contribution in [0.5, 0.6) is 0 Å². The van der Waals surface area contributed by atoms with E-state index >= 15 is 0 Å². The average molecular weight is 220 g/mol. The van der Waals surface area contributed by atoms with Crippen molar-refractivity contribution >= 4 is 11.8 Å². The van der Waals surface area contributed by atoms with Crippen LogP contribution in [0.1, 0.15) is 20.3 Å². The van der Waals surface area contributed by atoms with E-state index in [9.17, 15) is 0 Å². The SMILES string of the molecule is C/C=C(/C=C/CSc1ncccn1)CC. The average Bonchev–Trinajstić information content (AvgIpc) is 2.31. The van der Waals surface area contributed by atoms with Crippen LogP contribution >= 0.6 is 11.8 Å². The highest BCUT2D eigenvalue weighted by atomic mass is 32.2. The molecule has 0 radical (unpaired) electrons. The lowest BCUT2D eigenvalue weighted by molar-refractivity contribution is 0.969. The van der Waals surface area contributed by atoms with Crippen LogP contribution in [-0.4, -0.2) is 15.7 Å². The molecule has 0 fully saturated rings. The molecule has 0 aliphatic rings. The number of rotatable bonds is 5. The number of thioether (sulfide) groups is 1. The zero-order chi connectivity index (χ0) is 10.9. The van der Waals surface area contributed by atoms with Gasteiger partial charge in [-0.25, -0.2) is 9.97 Å². The molecule has 0 N–H and O–H groups in total. The van der Waals surface area contributed by atoms with E-state index in [1.165, 1.54) is 5.57 Å². The molecule has 0 atom stereocenters. The second kappa shape index (κ2) is 7.23. The van der Waals surface area contributed by atoms with Crippen LogP contribution in [0.15, 0.2) is 47.4 Å². The van der Waals surface area contributed by atoms with Gasteiger partial charge in [-0.2, -0.15) is 0 Å². The topological polar surface area (TPSA) is 25.8 Å². The third-order valence-corrected chi connectivity index (χ3v) is 2.79. The van der Waals surface area contributed by atoms with Crippen LogP contribution in [0, 0.1) is 0 Å². The molecule has 2 nitrogen and oxygen atoms in total. The molecule has 0 aliphatic carbocycles. The molecule has 0 saturated heterocycles. The molecule has 0 aliphatic heterocycles. The summed E-state index contributed by atoms with van der Waals surface area (Å²) in [6.45, 7) is 4.23. The molecule has 0 amide bonds. The van der Waals surface area contributed by atoms with Gasteiger partial charge in [0.05, 0.1) is 0 Å². The third kappa shape index (κ3) is 4.79. The van der Waals surface area contributed by atoms with Crippen molar-refractivity contribution in [2.24, 2.45) is 0 Å². The van der Waals surface area contributed by atoms with Crippen LogP contribution in [0.25, 0.3) is 0 Å². The molecule has 1 aromatic heterocycles. The van der Waals surface area contributed by atoms with Gasteiger partial charge >= 0.3 is 0 Å². The second-order valence-electron chi connectivity index (χ2n) is 2.96. The van der Waals surface area contributed by atoms with Crippen molar-refractivity contribution < 1.29 is 0 Å². The lowest BCUT2D eigenvalue weighted by atomic mass is 10.2.